The normalized spacial score (nSPS) is 9.40. The third-order valence-corrected chi connectivity index (χ3v) is 0.894. The minimum Gasteiger partial charge on any atom is -0.467 e. The summed E-state index contributed by atoms with van der Waals surface area (Å²) in [5, 5.41) is 8.29. The number of methoxy groups -OCH3 is 1. The zero-order valence-corrected chi connectivity index (χ0v) is 6.00. The summed E-state index contributed by atoms with van der Waals surface area (Å²) in [6.07, 6.45) is 0.553. The van der Waals surface area contributed by atoms with E-state index in [-0.39, 0.29) is 13.2 Å². The third kappa shape index (κ3) is 5.53. The van der Waals surface area contributed by atoms with Crippen molar-refractivity contribution in [3.05, 3.63) is 0 Å². The SMILES string of the molecule is COC(=O)COCCCO. The maximum Gasteiger partial charge on any atom is 0.331 e. The van der Waals surface area contributed by atoms with Crippen molar-refractivity contribution in [2.24, 2.45) is 0 Å². The van der Waals surface area contributed by atoms with E-state index in [4.69, 9.17) is 9.84 Å². The summed E-state index contributed by atoms with van der Waals surface area (Å²) >= 11 is 0. The molecule has 0 aromatic heterocycles. The monoisotopic (exact) mass is 148 g/mol. The molecule has 0 fully saturated rings. The van der Waals surface area contributed by atoms with E-state index < -0.39 is 5.97 Å². The summed E-state index contributed by atoms with van der Waals surface area (Å²) < 4.78 is 9.10. The summed E-state index contributed by atoms with van der Waals surface area (Å²) in [5.74, 6) is -0.391. The molecule has 0 amide bonds. The van der Waals surface area contributed by atoms with Crippen LogP contribution in [0.15, 0.2) is 0 Å². The molecule has 0 aliphatic rings. The van der Waals surface area contributed by atoms with Crippen LogP contribution in [0.2, 0.25) is 0 Å². The van der Waals surface area contributed by atoms with Gasteiger partial charge in [0.15, 0.2) is 0 Å². The van der Waals surface area contributed by atoms with Gasteiger partial charge in [0.1, 0.15) is 6.61 Å². The van der Waals surface area contributed by atoms with Gasteiger partial charge in [0.05, 0.1) is 7.11 Å². The topological polar surface area (TPSA) is 55.8 Å². The number of carbonyl (C=O) groups excluding carboxylic acids is 1. The van der Waals surface area contributed by atoms with Gasteiger partial charge in [0.2, 0.25) is 0 Å². The Balaban J connectivity index is 2.96. The molecule has 0 unspecified atom stereocenters. The smallest absolute Gasteiger partial charge is 0.331 e. The van der Waals surface area contributed by atoms with Gasteiger partial charge in [-0.1, -0.05) is 0 Å². The van der Waals surface area contributed by atoms with Crippen molar-refractivity contribution < 1.29 is 19.4 Å². The number of aliphatic hydroxyl groups is 1. The van der Waals surface area contributed by atoms with Crippen LogP contribution < -0.4 is 0 Å². The lowest BCUT2D eigenvalue weighted by Gasteiger charge is -1.99. The van der Waals surface area contributed by atoms with Crippen LogP contribution in [0.3, 0.4) is 0 Å². The van der Waals surface area contributed by atoms with E-state index in [2.05, 4.69) is 4.74 Å². The Hall–Kier alpha value is -0.610. The van der Waals surface area contributed by atoms with Gasteiger partial charge in [0, 0.05) is 13.2 Å². The van der Waals surface area contributed by atoms with Crippen molar-refractivity contribution in [1.82, 2.24) is 0 Å². The Kier molecular flexibility index (Phi) is 6.11. The Morgan fingerprint density at radius 2 is 2.30 bits per heavy atom. The van der Waals surface area contributed by atoms with Crippen molar-refractivity contribution in [3.63, 3.8) is 0 Å². The van der Waals surface area contributed by atoms with Crippen LogP contribution in [-0.4, -0.2) is 38.0 Å². The fourth-order valence-corrected chi connectivity index (χ4v) is 0.381. The Bertz CT molecular complexity index is 91.7. The Morgan fingerprint density at radius 3 is 2.80 bits per heavy atom. The molecule has 60 valence electrons. The molecule has 0 spiro atoms. The number of hydrogen-bond donors (Lipinski definition) is 1. The lowest BCUT2D eigenvalue weighted by atomic mass is 10.5. The molecular formula is C6H12O4. The molecule has 0 saturated carbocycles. The molecule has 4 heteroatoms. The highest BCUT2D eigenvalue weighted by atomic mass is 16.6. The predicted molar refractivity (Wildman–Crippen MR) is 34.5 cm³/mol. The molecule has 0 rings (SSSR count). The van der Waals surface area contributed by atoms with Gasteiger partial charge in [-0.2, -0.15) is 0 Å². The molecule has 10 heavy (non-hydrogen) atoms. The van der Waals surface area contributed by atoms with Gasteiger partial charge in [-0.15, -0.1) is 0 Å². The molecule has 0 aromatic carbocycles. The van der Waals surface area contributed by atoms with Crippen LogP contribution in [0.4, 0.5) is 0 Å². The number of ether oxygens (including phenoxy) is 2. The zero-order valence-electron chi connectivity index (χ0n) is 6.00. The largest absolute Gasteiger partial charge is 0.467 e. The fourth-order valence-electron chi connectivity index (χ4n) is 0.381. The van der Waals surface area contributed by atoms with Crippen LogP contribution >= 0.6 is 0 Å². The second kappa shape index (κ2) is 6.51. The highest BCUT2D eigenvalue weighted by Gasteiger charge is 1.97. The second-order valence-corrected chi connectivity index (χ2v) is 1.71. The Morgan fingerprint density at radius 1 is 1.60 bits per heavy atom. The van der Waals surface area contributed by atoms with Crippen molar-refractivity contribution in [2.45, 2.75) is 6.42 Å². The van der Waals surface area contributed by atoms with E-state index in [9.17, 15) is 4.79 Å². The molecule has 0 bridgehead atoms. The van der Waals surface area contributed by atoms with Gasteiger partial charge in [-0.3, -0.25) is 0 Å². The molecule has 0 aromatic rings. The first-order valence-electron chi connectivity index (χ1n) is 3.06. The number of rotatable bonds is 5. The van der Waals surface area contributed by atoms with Gasteiger partial charge >= 0.3 is 5.97 Å². The van der Waals surface area contributed by atoms with Crippen molar-refractivity contribution in [3.8, 4) is 0 Å². The van der Waals surface area contributed by atoms with E-state index in [1.807, 2.05) is 0 Å². The standard InChI is InChI=1S/C6H12O4/c1-9-6(8)5-10-4-2-3-7/h7H,2-5H2,1H3. The molecule has 1 N–H and O–H groups in total. The number of hydrogen-bond acceptors (Lipinski definition) is 4. The minimum absolute atomic E-state index is 0.0312. The van der Waals surface area contributed by atoms with Gasteiger partial charge in [-0.05, 0) is 6.42 Å². The van der Waals surface area contributed by atoms with Crippen molar-refractivity contribution in [1.29, 1.82) is 0 Å². The zero-order chi connectivity index (χ0) is 7.82. The van der Waals surface area contributed by atoms with E-state index in [0.29, 0.717) is 13.0 Å². The van der Waals surface area contributed by atoms with Crippen LogP contribution in [-0.2, 0) is 14.3 Å². The summed E-state index contributed by atoms with van der Waals surface area (Å²) in [6, 6.07) is 0. The van der Waals surface area contributed by atoms with Gasteiger partial charge in [-0.25, -0.2) is 4.79 Å². The van der Waals surface area contributed by atoms with E-state index >= 15 is 0 Å². The average molecular weight is 148 g/mol. The van der Waals surface area contributed by atoms with Crippen molar-refractivity contribution in [2.75, 3.05) is 26.9 Å². The summed E-state index contributed by atoms with van der Waals surface area (Å²) in [5.41, 5.74) is 0. The lowest BCUT2D eigenvalue weighted by Crippen LogP contribution is -2.11. The van der Waals surface area contributed by atoms with E-state index in [1.54, 1.807) is 0 Å². The molecule has 0 aliphatic carbocycles. The number of carbonyl (C=O) groups is 1. The van der Waals surface area contributed by atoms with E-state index in [0.717, 1.165) is 0 Å². The van der Waals surface area contributed by atoms with Crippen LogP contribution in [0, 0.1) is 0 Å². The van der Waals surface area contributed by atoms with E-state index in [1.165, 1.54) is 7.11 Å². The minimum atomic E-state index is -0.391. The van der Waals surface area contributed by atoms with Gasteiger partial charge in [0.25, 0.3) is 0 Å². The number of esters is 1. The van der Waals surface area contributed by atoms with Gasteiger partial charge < -0.3 is 14.6 Å². The highest BCUT2D eigenvalue weighted by Crippen LogP contribution is 1.81. The average Bonchev–Trinajstić information content (AvgIpc) is 1.98. The van der Waals surface area contributed by atoms with Crippen LogP contribution in [0.5, 0.6) is 0 Å². The summed E-state index contributed by atoms with van der Waals surface area (Å²) in [4.78, 5) is 10.4. The molecule has 0 saturated heterocycles. The molecular weight excluding hydrogens is 136 g/mol. The van der Waals surface area contributed by atoms with Crippen LogP contribution in [0.25, 0.3) is 0 Å². The highest BCUT2D eigenvalue weighted by molar-refractivity contribution is 5.70. The quantitative estimate of drug-likeness (QED) is 0.424. The first kappa shape index (κ1) is 9.39. The van der Waals surface area contributed by atoms with Crippen LogP contribution in [0.1, 0.15) is 6.42 Å². The number of aliphatic hydroxyl groups excluding tert-OH is 1. The lowest BCUT2D eigenvalue weighted by molar-refractivity contribution is -0.146. The maximum atomic E-state index is 10.4. The first-order chi connectivity index (χ1) is 4.81. The molecule has 0 heterocycles. The first-order valence-corrected chi connectivity index (χ1v) is 3.06. The molecule has 4 nitrogen and oxygen atoms in total. The second-order valence-electron chi connectivity index (χ2n) is 1.71. The summed E-state index contributed by atoms with van der Waals surface area (Å²) in [7, 11) is 1.30. The fraction of sp³-hybridized carbons (Fsp3) is 0.833. The third-order valence-electron chi connectivity index (χ3n) is 0.894. The Labute approximate surface area is 59.7 Å². The summed E-state index contributed by atoms with van der Waals surface area (Å²) in [6.45, 7) is 0.448. The predicted octanol–water partition coefficient (Wildman–Crippen LogP) is -0.442. The molecule has 0 atom stereocenters. The maximum absolute atomic E-state index is 10.4. The molecule has 0 radical (unpaired) electrons. The molecule has 0 aliphatic heterocycles. The van der Waals surface area contributed by atoms with Crippen molar-refractivity contribution >= 4 is 5.97 Å².